The van der Waals surface area contributed by atoms with Crippen LogP contribution in [0, 0.1) is 0 Å². The lowest BCUT2D eigenvalue weighted by Crippen LogP contribution is -2.19. The van der Waals surface area contributed by atoms with Gasteiger partial charge in [-0.15, -0.1) is 0 Å². The third-order valence-electron chi connectivity index (χ3n) is 2.35. The number of amides is 2. The van der Waals surface area contributed by atoms with Crippen molar-refractivity contribution < 1.29 is 9.59 Å². The zero-order chi connectivity index (χ0) is 14.2. The fraction of sp³-hybridized carbons (Fsp3) is 0. The van der Waals surface area contributed by atoms with Gasteiger partial charge in [-0.25, -0.2) is 0 Å². The summed E-state index contributed by atoms with van der Waals surface area (Å²) in [5.41, 5.74) is 0. The molecule has 3 rings (SSSR count). The van der Waals surface area contributed by atoms with Crippen molar-refractivity contribution in [1.29, 1.82) is 0 Å². The van der Waals surface area contributed by atoms with Crippen LogP contribution in [0.2, 0.25) is 0 Å². The first-order valence-corrected chi connectivity index (χ1v) is 6.87. The predicted molar refractivity (Wildman–Crippen MR) is 79.3 cm³/mol. The van der Waals surface area contributed by atoms with Crippen molar-refractivity contribution >= 4 is 23.6 Å². The molecule has 100 valence electrons. The van der Waals surface area contributed by atoms with E-state index < -0.39 is 0 Å². The lowest BCUT2D eigenvalue weighted by Gasteiger charge is -1.99. The number of nitrogens with one attached hydrogen (secondary N) is 1. The van der Waals surface area contributed by atoms with E-state index in [4.69, 9.17) is 0 Å². The average molecular weight is 283 g/mol. The molecule has 0 bridgehead atoms. The summed E-state index contributed by atoms with van der Waals surface area (Å²) in [5, 5.41) is 2.03. The molecule has 0 aliphatic carbocycles. The number of hydrogen-bond donors (Lipinski definition) is 1. The molecule has 0 spiro atoms. The molecule has 1 aliphatic heterocycles. The van der Waals surface area contributed by atoms with Crippen molar-refractivity contribution in [3.63, 3.8) is 0 Å². The SMILES string of the molecule is O=C1C=CC(=O)N1.c1ccc(Sc2ccccc2)cc1. The minimum atomic E-state index is -0.329. The number of rotatable bonds is 2. The standard InChI is InChI=1S/C12H10S.C4H3NO2/c1-3-7-11(8-4-1)13-12-9-5-2-6-10-12;6-3-1-2-4(7)5-3/h1-10H;1-2H,(H,5,6,7). The van der Waals surface area contributed by atoms with E-state index in [9.17, 15) is 9.59 Å². The Morgan fingerprint density at radius 1 is 0.650 bits per heavy atom. The van der Waals surface area contributed by atoms with Gasteiger partial charge < -0.3 is 0 Å². The fourth-order valence-corrected chi connectivity index (χ4v) is 2.33. The van der Waals surface area contributed by atoms with E-state index in [0.29, 0.717) is 0 Å². The Balaban J connectivity index is 0.000000178. The Kier molecular flexibility index (Phi) is 5.15. The molecule has 0 aromatic heterocycles. The second-order valence-corrected chi connectivity index (χ2v) is 5.06. The normalized spacial score (nSPS) is 12.6. The Morgan fingerprint density at radius 3 is 1.35 bits per heavy atom. The van der Waals surface area contributed by atoms with Crippen LogP contribution >= 0.6 is 11.8 Å². The van der Waals surface area contributed by atoms with E-state index in [1.54, 1.807) is 11.8 Å². The summed E-state index contributed by atoms with van der Waals surface area (Å²) in [6.45, 7) is 0. The van der Waals surface area contributed by atoms with Gasteiger partial charge in [-0.05, 0) is 24.3 Å². The molecule has 0 radical (unpaired) electrons. The van der Waals surface area contributed by atoms with E-state index in [2.05, 4.69) is 48.5 Å². The first-order chi connectivity index (χ1) is 9.74. The fourth-order valence-electron chi connectivity index (χ4n) is 1.47. The molecule has 1 N–H and O–H groups in total. The number of imide groups is 1. The van der Waals surface area contributed by atoms with Gasteiger partial charge in [-0.3, -0.25) is 14.9 Å². The lowest BCUT2D eigenvalue weighted by molar-refractivity contribution is -0.123. The molecule has 0 saturated carbocycles. The van der Waals surface area contributed by atoms with Crippen molar-refractivity contribution in [3.05, 3.63) is 72.8 Å². The predicted octanol–water partition coefficient (Wildman–Crippen LogP) is 3.04. The molecule has 20 heavy (non-hydrogen) atoms. The largest absolute Gasteiger partial charge is 0.289 e. The maximum absolute atomic E-state index is 10.0. The van der Waals surface area contributed by atoms with Gasteiger partial charge in [0.25, 0.3) is 11.8 Å². The summed E-state index contributed by atoms with van der Waals surface area (Å²) in [5.74, 6) is -0.657. The van der Waals surface area contributed by atoms with Gasteiger partial charge in [0, 0.05) is 21.9 Å². The Labute approximate surface area is 121 Å². The van der Waals surface area contributed by atoms with Gasteiger partial charge in [0.2, 0.25) is 0 Å². The molecule has 2 aromatic rings. The first kappa shape index (κ1) is 14.1. The van der Waals surface area contributed by atoms with Gasteiger partial charge in [0.1, 0.15) is 0 Å². The highest BCUT2D eigenvalue weighted by molar-refractivity contribution is 7.99. The topological polar surface area (TPSA) is 46.2 Å². The van der Waals surface area contributed by atoms with Crippen LogP contribution in [0.5, 0.6) is 0 Å². The van der Waals surface area contributed by atoms with E-state index in [-0.39, 0.29) is 11.8 Å². The third kappa shape index (κ3) is 4.74. The van der Waals surface area contributed by atoms with Crippen molar-refractivity contribution in [2.45, 2.75) is 9.79 Å². The number of carbonyl (C=O) groups excluding carboxylic acids is 2. The van der Waals surface area contributed by atoms with Crippen molar-refractivity contribution in [2.75, 3.05) is 0 Å². The molecule has 0 fully saturated rings. The maximum Gasteiger partial charge on any atom is 0.250 e. The second kappa shape index (κ2) is 7.31. The van der Waals surface area contributed by atoms with Crippen LogP contribution in [-0.2, 0) is 9.59 Å². The first-order valence-electron chi connectivity index (χ1n) is 6.05. The van der Waals surface area contributed by atoms with E-state index >= 15 is 0 Å². The third-order valence-corrected chi connectivity index (χ3v) is 3.37. The number of benzene rings is 2. The molecule has 0 saturated heterocycles. The lowest BCUT2D eigenvalue weighted by atomic mass is 10.4. The number of carbonyl (C=O) groups is 2. The molecule has 1 heterocycles. The van der Waals surface area contributed by atoms with Crippen LogP contribution in [0.1, 0.15) is 0 Å². The smallest absolute Gasteiger partial charge is 0.250 e. The van der Waals surface area contributed by atoms with E-state index in [0.717, 1.165) is 0 Å². The molecule has 2 amide bonds. The minimum absolute atomic E-state index is 0.329. The summed E-state index contributed by atoms with van der Waals surface area (Å²) in [6.07, 6.45) is 2.39. The molecule has 0 unspecified atom stereocenters. The minimum Gasteiger partial charge on any atom is -0.289 e. The van der Waals surface area contributed by atoms with Crippen LogP contribution in [-0.4, -0.2) is 11.8 Å². The molecule has 3 nitrogen and oxygen atoms in total. The van der Waals surface area contributed by atoms with Gasteiger partial charge in [-0.2, -0.15) is 0 Å². The van der Waals surface area contributed by atoms with Gasteiger partial charge in [0.05, 0.1) is 0 Å². The van der Waals surface area contributed by atoms with Gasteiger partial charge >= 0.3 is 0 Å². The van der Waals surface area contributed by atoms with Gasteiger partial charge in [-0.1, -0.05) is 48.2 Å². The maximum atomic E-state index is 10.0. The Morgan fingerprint density at radius 2 is 1.05 bits per heavy atom. The molecular weight excluding hydrogens is 270 g/mol. The highest BCUT2D eigenvalue weighted by Gasteiger charge is 2.06. The highest BCUT2D eigenvalue weighted by atomic mass is 32.2. The summed E-state index contributed by atoms with van der Waals surface area (Å²) in [6, 6.07) is 20.8. The van der Waals surface area contributed by atoms with Crippen LogP contribution in [0.3, 0.4) is 0 Å². The molecule has 0 atom stereocenters. The number of hydrogen-bond acceptors (Lipinski definition) is 3. The zero-order valence-electron chi connectivity index (χ0n) is 10.7. The summed E-state index contributed by atoms with van der Waals surface area (Å²) in [4.78, 5) is 22.6. The van der Waals surface area contributed by atoms with Crippen LogP contribution in [0.15, 0.2) is 82.6 Å². The van der Waals surface area contributed by atoms with Crippen LogP contribution < -0.4 is 5.32 Å². The Hall–Kier alpha value is -2.33. The monoisotopic (exact) mass is 283 g/mol. The molecule has 1 aliphatic rings. The highest BCUT2D eigenvalue weighted by Crippen LogP contribution is 2.26. The summed E-state index contributed by atoms with van der Waals surface area (Å²) in [7, 11) is 0. The van der Waals surface area contributed by atoms with E-state index in [1.165, 1.54) is 21.9 Å². The second-order valence-electron chi connectivity index (χ2n) is 3.92. The molecule has 2 aromatic carbocycles. The summed E-state index contributed by atoms with van der Waals surface area (Å²) >= 11 is 1.79. The van der Waals surface area contributed by atoms with Crippen molar-refractivity contribution in [1.82, 2.24) is 5.32 Å². The summed E-state index contributed by atoms with van der Waals surface area (Å²) < 4.78 is 0. The van der Waals surface area contributed by atoms with Crippen LogP contribution in [0.25, 0.3) is 0 Å². The van der Waals surface area contributed by atoms with Crippen molar-refractivity contribution in [2.24, 2.45) is 0 Å². The Bertz CT molecular complexity index is 555. The quantitative estimate of drug-likeness (QED) is 0.862. The zero-order valence-corrected chi connectivity index (χ0v) is 11.5. The molecular formula is C16H13NO2S. The van der Waals surface area contributed by atoms with Gasteiger partial charge in [0.15, 0.2) is 0 Å². The van der Waals surface area contributed by atoms with Crippen LogP contribution in [0.4, 0.5) is 0 Å². The molecule has 4 heteroatoms. The van der Waals surface area contributed by atoms with E-state index in [1.807, 2.05) is 17.4 Å². The van der Waals surface area contributed by atoms with Crippen molar-refractivity contribution in [3.8, 4) is 0 Å². The average Bonchev–Trinajstić information content (AvgIpc) is 2.85.